The van der Waals surface area contributed by atoms with Crippen LogP contribution in [0, 0.1) is 0 Å². The first-order valence-corrected chi connectivity index (χ1v) is 5.77. The number of aryl methyl sites for hydroxylation is 1. The summed E-state index contributed by atoms with van der Waals surface area (Å²) in [5.74, 6) is 0. The Kier molecular flexibility index (Phi) is 3.30. The average molecular weight is 226 g/mol. The van der Waals surface area contributed by atoms with Crippen molar-refractivity contribution in [2.45, 2.75) is 19.6 Å². The molecular formula is C9H14N4OS. The van der Waals surface area contributed by atoms with E-state index in [2.05, 4.69) is 15.8 Å². The van der Waals surface area contributed by atoms with Crippen molar-refractivity contribution >= 4 is 21.7 Å². The summed E-state index contributed by atoms with van der Waals surface area (Å²) < 4.78 is 8.69. The maximum Gasteiger partial charge on any atom is 0.192 e. The molecule has 0 spiro atoms. The van der Waals surface area contributed by atoms with Gasteiger partial charge in [0.05, 0.1) is 22.5 Å². The summed E-state index contributed by atoms with van der Waals surface area (Å²) in [5, 5.41) is 4.41. The number of fused-ring (bicyclic) bond motifs is 3. The smallest absolute Gasteiger partial charge is 0.192 e. The quantitative estimate of drug-likeness (QED) is 0.727. The fourth-order valence-electron chi connectivity index (χ4n) is 1.61. The molecule has 1 aliphatic heterocycles. The first-order valence-electron chi connectivity index (χ1n) is 4.89. The maximum absolute atomic E-state index is 5.47. The normalized spacial score (nSPS) is 15.3. The summed E-state index contributed by atoms with van der Waals surface area (Å²) in [4.78, 5) is 4.19. The lowest BCUT2D eigenvalue weighted by Gasteiger charge is -1.98. The van der Waals surface area contributed by atoms with Crippen LogP contribution in [0.2, 0.25) is 0 Å². The molecule has 0 unspecified atom stereocenters. The van der Waals surface area contributed by atoms with Crippen LogP contribution in [-0.2, 0) is 17.9 Å². The minimum absolute atomic E-state index is 0.679. The second-order valence-corrected chi connectivity index (χ2v) is 3.94. The lowest BCUT2D eigenvalue weighted by molar-refractivity contribution is 0.125. The van der Waals surface area contributed by atoms with Crippen molar-refractivity contribution in [3.05, 3.63) is 11.2 Å². The molecule has 0 bridgehead atoms. The first-order chi connectivity index (χ1) is 7.45. The molecule has 0 amide bonds. The van der Waals surface area contributed by atoms with Gasteiger partial charge in [-0.05, 0) is 13.5 Å². The van der Waals surface area contributed by atoms with Gasteiger partial charge in [-0.15, -0.1) is 11.3 Å². The second-order valence-electron chi connectivity index (χ2n) is 3.08. The van der Waals surface area contributed by atoms with Gasteiger partial charge in [-0.2, -0.15) is 5.10 Å². The predicted octanol–water partition coefficient (Wildman–Crippen LogP) is 0.988. The van der Waals surface area contributed by atoms with Crippen LogP contribution in [0.1, 0.15) is 12.1 Å². The zero-order valence-corrected chi connectivity index (χ0v) is 9.46. The number of hydrogen-bond donors (Lipinski definition) is 1. The number of thiazole rings is 1. The molecule has 15 heavy (non-hydrogen) atoms. The van der Waals surface area contributed by atoms with E-state index in [1.54, 1.807) is 11.3 Å². The molecule has 3 rings (SSSR count). The summed E-state index contributed by atoms with van der Waals surface area (Å²) in [7, 11) is 1.50. The Morgan fingerprint density at radius 3 is 3.27 bits per heavy atom. The number of hydrogen-bond acceptors (Lipinski definition) is 5. The number of aromatic nitrogens is 3. The van der Waals surface area contributed by atoms with Gasteiger partial charge in [-0.1, -0.05) is 0 Å². The van der Waals surface area contributed by atoms with Crippen LogP contribution in [-0.4, -0.2) is 28.4 Å². The van der Waals surface area contributed by atoms with E-state index in [0.29, 0.717) is 6.61 Å². The fourth-order valence-corrected chi connectivity index (χ4v) is 2.37. The first kappa shape index (κ1) is 10.5. The number of ether oxygens (including phenoxy) is 1. The minimum Gasteiger partial charge on any atom is -0.375 e. The van der Waals surface area contributed by atoms with E-state index in [1.165, 1.54) is 17.4 Å². The van der Waals surface area contributed by atoms with Crippen LogP contribution >= 0.6 is 11.3 Å². The molecule has 0 saturated carbocycles. The third-order valence-electron chi connectivity index (χ3n) is 2.24. The van der Waals surface area contributed by atoms with Crippen molar-refractivity contribution in [2.75, 3.05) is 13.7 Å². The average Bonchev–Trinajstić information content (AvgIpc) is 2.76. The van der Waals surface area contributed by atoms with Gasteiger partial charge in [0, 0.05) is 13.2 Å². The third kappa shape index (κ3) is 1.88. The van der Waals surface area contributed by atoms with E-state index < -0.39 is 0 Å². The van der Waals surface area contributed by atoms with Crippen molar-refractivity contribution in [3.63, 3.8) is 0 Å². The molecule has 0 radical (unpaired) electrons. The van der Waals surface area contributed by atoms with Gasteiger partial charge in [0.25, 0.3) is 0 Å². The predicted molar refractivity (Wildman–Crippen MR) is 59.8 cm³/mol. The van der Waals surface area contributed by atoms with Gasteiger partial charge in [0.2, 0.25) is 0 Å². The summed E-state index contributed by atoms with van der Waals surface area (Å²) in [6, 6.07) is 0. The molecule has 2 aromatic heterocycles. The molecule has 2 N–H and O–H groups in total. The van der Waals surface area contributed by atoms with Crippen LogP contribution in [0.3, 0.4) is 0 Å². The summed E-state index contributed by atoms with van der Waals surface area (Å²) in [6.45, 7) is 2.47. The lowest BCUT2D eigenvalue weighted by Crippen LogP contribution is -2.01. The van der Waals surface area contributed by atoms with Crippen LogP contribution < -0.4 is 5.73 Å². The molecule has 3 heterocycles. The van der Waals surface area contributed by atoms with Crippen molar-refractivity contribution in [1.82, 2.24) is 14.8 Å². The van der Waals surface area contributed by atoms with Crippen LogP contribution in [0.5, 0.6) is 0 Å². The standard InChI is InChI=1S/C8H9N3OS.CH5N/c1-2-11-6(4-12-3-1)7-8(10-11)9-5-13-7;1-2/h5H,1-4H2;2H2,1H3. The molecule has 1 aliphatic rings. The molecule has 2 aromatic rings. The molecule has 6 heteroatoms. The number of nitrogens with two attached hydrogens (primary N) is 1. The van der Waals surface area contributed by atoms with Gasteiger partial charge in [-0.25, -0.2) is 4.98 Å². The number of nitrogens with zero attached hydrogens (tertiary/aromatic N) is 3. The highest BCUT2D eigenvalue weighted by Crippen LogP contribution is 2.24. The molecule has 0 aliphatic carbocycles. The Labute approximate surface area is 91.9 Å². The highest BCUT2D eigenvalue weighted by Gasteiger charge is 2.15. The van der Waals surface area contributed by atoms with Gasteiger partial charge in [0.1, 0.15) is 0 Å². The molecule has 0 atom stereocenters. The lowest BCUT2D eigenvalue weighted by atomic mass is 10.4. The SMILES string of the molecule is CN.c1nc2nn3c(c2s1)COCCC3. The Morgan fingerprint density at radius 2 is 2.40 bits per heavy atom. The Morgan fingerprint density at radius 1 is 1.53 bits per heavy atom. The summed E-state index contributed by atoms with van der Waals surface area (Å²) >= 11 is 1.64. The summed E-state index contributed by atoms with van der Waals surface area (Å²) in [5.41, 5.74) is 8.39. The molecule has 0 aromatic carbocycles. The van der Waals surface area contributed by atoms with E-state index in [0.717, 1.165) is 25.2 Å². The van der Waals surface area contributed by atoms with E-state index in [4.69, 9.17) is 4.74 Å². The van der Waals surface area contributed by atoms with E-state index in [1.807, 2.05) is 10.2 Å². The largest absolute Gasteiger partial charge is 0.375 e. The van der Waals surface area contributed by atoms with E-state index >= 15 is 0 Å². The van der Waals surface area contributed by atoms with Gasteiger partial charge in [-0.3, -0.25) is 4.68 Å². The molecule has 0 saturated heterocycles. The topological polar surface area (TPSA) is 66.0 Å². The zero-order chi connectivity index (χ0) is 10.7. The Bertz CT molecular complexity index is 436. The Balaban J connectivity index is 0.000000404. The van der Waals surface area contributed by atoms with Crippen molar-refractivity contribution in [1.29, 1.82) is 0 Å². The Hall–Kier alpha value is -0.980. The maximum atomic E-state index is 5.47. The van der Waals surface area contributed by atoms with Gasteiger partial charge >= 0.3 is 0 Å². The zero-order valence-electron chi connectivity index (χ0n) is 8.64. The molecular weight excluding hydrogens is 212 g/mol. The van der Waals surface area contributed by atoms with Crippen molar-refractivity contribution < 1.29 is 4.74 Å². The van der Waals surface area contributed by atoms with Crippen LogP contribution in [0.15, 0.2) is 5.51 Å². The highest BCUT2D eigenvalue weighted by molar-refractivity contribution is 7.16. The molecule has 0 fully saturated rings. The van der Waals surface area contributed by atoms with Crippen molar-refractivity contribution in [2.24, 2.45) is 5.73 Å². The number of rotatable bonds is 0. The molecule has 82 valence electrons. The van der Waals surface area contributed by atoms with E-state index in [-0.39, 0.29) is 0 Å². The monoisotopic (exact) mass is 226 g/mol. The van der Waals surface area contributed by atoms with Crippen LogP contribution in [0.4, 0.5) is 0 Å². The third-order valence-corrected chi connectivity index (χ3v) is 3.10. The summed E-state index contributed by atoms with van der Waals surface area (Å²) in [6.07, 6.45) is 1.04. The van der Waals surface area contributed by atoms with Gasteiger partial charge in [0.15, 0.2) is 5.65 Å². The minimum atomic E-state index is 0.679. The van der Waals surface area contributed by atoms with Gasteiger partial charge < -0.3 is 10.5 Å². The molecule has 5 nitrogen and oxygen atoms in total. The van der Waals surface area contributed by atoms with Crippen molar-refractivity contribution in [3.8, 4) is 0 Å². The second kappa shape index (κ2) is 4.69. The fraction of sp³-hybridized carbons (Fsp3) is 0.556. The van der Waals surface area contributed by atoms with Crippen LogP contribution in [0.25, 0.3) is 10.3 Å². The van der Waals surface area contributed by atoms with E-state index in [9.17, 15) is 0 Å². The highest BCUT2D eigenvalue weighted by atomic mass is 32.1.